The lowest BCUT2D eigenvalue weighted by Crippen LogP contribution is -2.21. The molecule has 0 heterocycles. The molecule has 1 nitrogen and oxygen atoms in total. The Morgan fingerprint density at radius 3 is 1.64 bits per heavy atom. The zero-order valence-corrected chi connectivity index (χ0v) is 8.15. The molecule has 67 valence electrons. The lowest BCUT2D eigenvalue weighted by atomic mass is 9.93. The van der Waals surface area contributed by atoms with Crippen molar-refractivity contribution in [2.45, 2.75) is 64.9 Å². The minimum atomic E-state index is -0.647. The van der Waals surface area contributed by atoms with Gasteiger partial charge in [0.25, 0.3) is 0 Å². The molecule has 0 aromatic carbocycles. The van der Waals surface area contributed by atoms with Crippen LogP contribution < -0.4 is 0 Å². The van der Waals surface area contributed by atoms with Crippen molar-refractivity contribution in [3.8, 4) is 0 Å². The van der Waals surface area contributed by atoms with Crippen molar-refractivity contribution in [2.24, 2.45) is 0 Å². The number of hydrogen-bond acceptors (Lipinski definition) is 0. The van der Waals surface area contributed by atoms with E-state index in [4.69, 9.17) is 0 Å². The molecule has 0 aliphatic carbocycles. The third-order valence-corrected chi connectivity index (χ3v) is 2.12. The van der Waals surface area contributed by atoms with Crippen molar-refractivity contribution in [3.05, 3.63) is 0 Å². The van der Waals surface area contributed by atoms with Crippen LogP contribution >= 0.6 is 0 Å². The Hall–Kier alpha value is -0.0400. The first-order chi connectivity index (χ1) is 5.12. The summed E-state index contributed by atoms with van der Waals surface area (Å²) in [6.07, 6.45) is 6.16. The Labute approximate surface area is 70.8 Å². The summed E-state index contributed by atoms with van der Waals surface area (Å²) in [6, 6.07) is 0. The van der Waals surface area contributed by atoms with E-state index in [2.05, 4.69) is 13.8 Å². The van der Waals surface area contributed by atoms with Crippen molar-refractivity contribution in [3.63, 3.8) is 0 Å². The zero-order valence-electron chi connectivity index (χ0n) is 8.15. The zero-order chi connectivity index (χ0) is 8.74. The van der Waals surface area contributed by atoms with Crippen molar-refractivity contribution < 1.29 is 5.11 Å². The van der Waals surface area contributed by atoms with Gasteiger partial charge < -0.3 is 0 Å². The Bertz CT molecular complexity index is 76.9. The minimum Gasteiger partial charge on any atom is -0.230 e. The van der Waals surface area contributed by atoms with Crippen LogP contribution in [0.25, 0.3) is 0 Å². The van der Waals surface area contributed by atoms with E-state index in [-0.39, 0.29) is 0 Å². The first kappa shape index (κ1) is 11.0. The molecule has 11 heavy (non-hydrogen) atoms. The summed E-state index contributed by atoms with van der Waals surface area (Å²) in [5.41, 5.74) is -0.647. The van der Waals surface area contributed by atoms with Gasteiger partial charge >= 0.3 is 0 Å². The van der Waals surface area contributed by atoms with E-state index in [1.807, 2.05) is 6.92 Å². The van der Waals surface area contributed by atoms with Crippen LogP contribution in [-0.4, -0.2) is 5.60 Å². The van der Waals surface area contributed by atoms with Crippen LogP contribution in [0, 0.1) is 0 Å². The van der Waals surface area contributed by atoms with Crippen molar-refractivity contribution in [2.75, 3.05) is 0 Å². The second kappa shape index (κ2) is 5.59. The topological polar surface area (TPSA) is 19.9 Å². The van der Waals surface area contributed by atoms with Gasteiger partial charge in [0, 0.05) is 0 Å². The Morgan fingerprint density at radius 1 is 1.00 bits per heavy atom. The highest BCUT2D eigenvalue weighted by molar-refractivity contribution is 4.70. The summed E-state index contributed by atoms with van der Waals surface area (Å²) in [4.78, 5) is 0. The molecule has 0 unspecified atom stereocenters. The van der Waals surface area contributed by atoms with Gasteiger partial charge in [0.1, 0.15) is 5.60 Å². The van der Waals surface area contributed by atoms with Crippen molar-refractivity contribution >= 4 is 0 Å². The van der Waals surface area contributed by atoms with E-state index in [0.717, 1.165) is 38.5 Å². The first-order valence-corrected chi connectivity index (χ1v) is 4.83. The summed E-state index contributed by atoms with van der Waals surface area (Å²) in [6.45, 7) is 6.12. The van der Waals surface area contributed by atoms with Crippen LogP contribution in [0.4, 0.5) is 0 Å². The second-order valence-electron chi connectivity index (χ2n) is 3.66. The molecule has 1 radical (unpaired) electrons. The van der Waals surface area contributed by atoms with E-state index < -0.39 is 5.60 Å². The maximum absolute atomic E-state index is 11.6. The van der Waals surface area contributed by atoms with Crippen LogP contribution in [0.3, 0.4) is 0 Å². The SMILES string of the molecule is CCCCC(C)([O])CCCC. The van der Waals surface area contributed by atoms with Crippen LogP contribution in [-0.2, 0) is 5.11 Å². The van der Waals surface area contributed by atoms with Crippen LogP contribution in [0.5, 0.6) is 0 Å². The summed E-state index contributed by atoms with van der Waals surface area (Å²) in [5.74, 6) is 0. The van der Waals surface area contributed by atoms with Crippen LogP contribution in [0.1, 0.15) is 59.3 Å². The van der Waals surface area contributed by atoms with E-state index >= 15 is 0 Å². The normalized spacial score (nSPS) is 12.0. The predicted molar refractivity (Wildman–Crippen MR) is 48.1 cm³/mol. The van der Waals surface area contributed by atoms with Gasteiger partial charge in [-0.25, -0.2) is 5.11 Å². The predicted octanol–water partition coefficient (Wildman–Crippen LogP) is 3.56. The number of rotatable bonds is 6. The molecule has 0 N–H and O–H groups in total. The van der Waals surface area contributed by atoms with Gasteiger partial charge in [-0.3, -0.25) is 0 Å². The molecule has 0 rings (SSSR count). The Morgan fingerprint density at radius 2 is 1.36 bits per heavy atom. The van der Waals surface area contributed by atoms with Crippen LogP contribution in [0.15, 0.2) is 0 Å². The summed E-state index contributed by atoms with van der Waals surface area (Å²) >= 11 is 0. The summed E-state index contributed by atoms with van der Waals surface area (Å²) in [5, 5.41) is 11.6. The monoisotopic (exact) mass is 157 g/mol. The molecule has 0 fully saturated rings. The number of unbranched alkanes of at least 4 members (excludes halogenated alkanes) is 2. The molecule has 0 aliphatic heterocycles. The highest BCUT2D eigenvalue weighted by atomic mass is 16.3. The Balaban J connectivity index is 3.43. The lowest BCUT2D eigenvalue weighted by Gasteiger charge is -2.19. The lowest BCUT2D eigenvalue weighted by molar-refractivity contribution is -0.0303. The van der Waals surface area contributed by atoms with Gasteiger partial charge in [0.2, 0.25) is 0 Å². The van der Waals surface area contributed by atoms with Crippen molar-refractivity contribution in [1.29, 1.82) is 0 Å². The Kier molecular flexibility index (Phi) is 5.57. The fourth-order valence-electron chi connectivity index (χ4n) is 1.23. The molecule has 0 spiro atoms. The average Bonchev–Trinajstić information content (AvgIpc) is 1.97. The highest BCUT2D eigenvalue weighted by Crippen LogP contribution is 2.20. The van der Waals surface area contributed by atoms with Gasteiger partial charge in [-0.1, -0.05) is 39.5 Å². The van der Waals surface area contributed by atoms with E-state index in [9.17, 15) is 5.11 Å². The quantitative estimate of drug-likeness (QED) is 0.562. The fourth-order valence-corrected chi connectivity index (χ4v) is 1.23. The standard InChI is InChI=1S/C10H21O/c1-4-6-8-10(3,11)9-7-5-2/h4-9H2,1-3H3. The maximum Gasteiger partial charge on any atom is 0.101 e. The van der Waals surface area contributed by atoms with E-state index in [1.54, 1.807) is 0 Å². The fraction of sp³-hybridized carbons (Fsp3) is 1.00. The minimum absolute atomic E-state index is 0.647. The van der Waals surface area contributed by atoms with Gasteiger partial charge in [-0.05, 0) is 19.8 Å². The number of hydrogen-bond donors (Lipinski definition) is 0. The molecule has 0 aliphatic rings. The van der Waals surface area contributed by atoms with Crippen LogP contribution in [0.2, 0.25) is 0 Å². The molecule has 0 aromatic rings. The van der Waals surface area contributed by atoms with E-state index in [0.29, 0.717) is 0 Å². The first-order valence-electron chi connectivity index (χ1n) is 4.83. The van der Waals surface area contributed by atoms with Gasteiger partial charge in [0.15, 0.2) is 0 Å². The molecular weight excluding hydrogens is 136 g/mol. The maximum atomic E-state index is 11.6. The molecular formula is C10H21O. The molecule has 0 atom stereocenters. The second-order valence-corrected chi connectivity index (χ2v) is 3.66. The molecule has 0 aromatic heterocycles. The summed E-state index contributed by atoms with van der Waals surface area (Å²) in [7, 11) is 0. The van der Waals surface area contributed by atoms with Gasteiger partial charge in [-0.2, -0.15) is 0 Å². The molecule has 0 saturated heterocycles. The van der Waals surface area contributed by atoms with E-state index in [1.165, 1.54) is 0 Å². The molecule has 1 heteroatoms. The largest absolute Gasteiger partial charge is 0.230 e. The van der Waals surface area contributed by atoms with Crippen molar-refractivity contribution in [1.82, 2.24) is 0 Å². The molecule has 0 amide bonds. The third kappa shape index (κ3) is 6.36. The molecule has 0 saturated carbocycles. The third-order valence-electron chi connectivity index (χ3n) is 2.12. The molecule has 0 bridgehead atoms. The van der Waals surface area contributed by atoms with Gasteiger partial charge in [0.05, 0.1) is 0 Å². The smallest absolute Gasteiger partial charge is 0.101 e. The summed E-state index contributed by atoms with van der Waals surface area (Å²) < 4.78 is 0. The van der Waals surface area contributed by atoms with Gasteiger partial charge in [-0.15, -0.1) is 0 Å². The average molecular weight is 157 g/mol. The highest BCUT2D eigenvalue weighted by Gasteiger charge is 2.20.